The smallest absolute Gasteiger partial charge is 0.235 e. The van der Waals surface area contributed by atoms with Crippen LogP contribution in [0.15, 0.2) is 140 Å². The second-order valence-corrected chi connectivity index (χ2v) is 9.09. The van der Waals surface area contributed by atoms with E-state index in [-0.39, 0.29) is 0 Å². The number of para-hydroxylation sites is 2. The largest absolute Gasteiger partial charge is 0.278 e. The second kappa shape index (κ2) is 8.89. The van der Waals surface area contributed by atoms with Gasteiger partial charge in [0, 0.05) is 21.9 Å². The zero-order chi connectivity index (χ0) is 24.6. The van der Waals surface area contributed by atoms with Crippen molar-refractivity contribution >= 4 is 21.8 Å². The van der Waals surface area contributed by atoms with Crippen LogP contribution in [0.1, 0.15) is 0 Å². The maximum absolute atomic E-state index is 5.21. The SMILES string of the molecule is c1ccc(-c2cc(-c3ccccc3-c3ccccc3)nc(-n3c4ccccc4c4ccccc43)n2)cc1. The summed E-state index contributed by atoms with van der Waals surface area (Å²) >= 11 is 0. The molecule has 0 radical (unpaired) electrons. The molecule has 0 fully saturated rings. The minimum atomic E-state index is 0.664. The lowest BCUT2D eigenvalue weighted by atomic mass is 9.97. The third-order valence-electron chi connectivity index (χ3n) is 6.85. The molecule has 7 aromatic rings. The highest BCUT2D eigenvalue weighted by atomic mass is 15.2. The van der Waals surface area contributed by atoms with Crippen LogP contribution in [0.25, 0.3) is 61.4 Å². The fraction of sp³-hybridized carbons (Fsp3) is 0. The minimum Gasteiger partial charge on any atom is -0.278 e. The maximum Gasteiger partial charge on any atom is 0.235 e. The summed E-state index contributed by atoms with van der Waals surface area (Å²) in [5.41, 5.74) is 8.42. The lowest BCUT2D eigenvalue weighted by Gasteiger charge is -2.14. The summed E-state index contributed by atoms with van der Waals surface area (Å²) in [6.45, 7) is 0. The van der Waals surface area contributed by atoms with E-state index in [1.54, 1.807) is 0 Å². The Morgan fingerprint density at radius 2 is 0.892 bits per heavy atom. The summed E-state index contributed by atoms with van der Waals surface area (Å²) in [5.74, 6) is 0.664. The van der Waals surface area contributed by atoms with Crippen LogP contribution in [-0.2, 0) is 0 Å². The molecule has 0 unspecified atom stereocenters. The van der Waals surface area contributed by atoms with Gasteiger partial charge in [-0.3, -0.25) is 4.57 Å². The molecule has 0 aliphatic heterocycles. The Hall–Kier alpha value is -5.02. The highest BCUT2D eigenvalue weighted by Crippen LogP contribution is 2.35. The predicted octanol–water partition coefficient (Wildman–Crippen LogP) is 8.57. The molecule has 0 N–H and O–H groups in total. The Morgan fingerprint density at radius 3 is 1.54 bits per heavy atom. The molecule has 0 saturated carbocycles. The molecular formula is C34H23N3. The summed E-state index contributed by atoms with van der Waals surface area (Å²) in [7, 11) is 0. The summed E-state index contributed by atoms with van der Waals surface area (Å²) in [6.07, 6.45) is 0. The molecule has 2 aromatic heterocycles. The van der Waals surface area contributed by atoms with Crippen LogP contribution in [-0.4, -0.2) is 14.5 Å². The van der Waals surface area contributed by atoms with E-state index in [0.717, 1.165) is 44.7 Å². The van der Waals surface area contributed by atoms with Crippen LogP contribution in [0.3, 0.4) is 0 Å². The monoisotopic (exact) mass is 473 g/mol. The Kier molecular flexibility index (Phi) is 5.11. The van der Waals surface area contributed by atoms with Gasteiger partial charge in [-0.1, -0.05) is 121 Å². The standard InChI is InChI=1S/C34H23N3/c1-3-13-24(14-4-1)26-17-7-8-18-27(26)31-23-30(25-15-5-2-6-16-25)35-34(36-31)37-32-21-11-9-19-28(32)29-20-10-12-22-33(29)37/h1-23H. The molecule has 174 valence electrons. The van der Waals surface area contributed by atoms with Gasteiger partial charge in [-0.2, -0.15) is 0 Å². The lowest BCUT2D eigenvalue weighted by molar-refractivity contribution is 0.996. The first kappa shape index (κ1) is 21.3. The van der Waals surface area contributed by atoms with Gasteiger partial charge in [-0.15, -0.1) is 0 Å². The van der Waals surface area contributed by atoms with E-state index in [1.165, 1.54) is 10.8 Å². The molecule has 7 rings (SSSR count). The molecule has 37 heavy (non-hydrogen) atoms. The van der Waals surface area contributed by atoms with Crippen molar-refractivity contribution in [3.63, 3.8) is 0 Å². The predicted molar refractivity (Wildman–Crippen MR) is 153 cm³/mol. The molecule has 5 aromatic carbocycles. The van der Waals surface area contributed by atoms with Crippen molar-refractivity contribution in [2.24, 2.45) is 0 Å². The molecule has 3 heteroatoms. The summed E-state index contributed by atoms with van der Waals surface area (Å²) in [6, 6.07) is 48.3. The van der Waals surface area contributed by atoms with E-state index in [9.17, 15) is 0 Å². The number of hydrogen-bond donors (Lipinski definition) is 0. The van der Waals surface area contributed by atoms with E-state index >= 15 is 0 Å². The summed E-state index contributed by atoms with van der Waals surface area (Å²) in [4.78, 5) is 10.3. The summed E-state index contributed by atoms with van der Waals surface area (Å²) < 4.78 is 2.19. The molecule has 0 saturated heterocycles. The number of benzene rings is 5. The molecule has 0 atom stereocenters. The first-order valence-electron chi connectivity index (χ1n) is 12.4. The number of aromatic nitrogens is 3. The maximum atomic E-state index is 5.21. The third kappa shape index (κ3) is 3.69. The van der Waals surface area contributed by atoms with Gasteiger partial charge >= 0.3 is 0 Å². The van der Waals surface area contributed by atoms with Crippen LogP contribution in [0.2, 0.25) is 0 Å². The number of rotatable bonds is 4. The normalized spacial score (nSPS) is 11.2. The number of hydrogen-bond acceptors (Lipinski definition) is 2. The first-order valence-corrected chi connectivity index (χ1v) is 12.4. The molecule has 2 heterocycles. The fourth-order valence-corrected chi connectivity index (χ4v) is 5.14. The third-order valence-corrected chi connectivity index (χ3v) is 6.85. The van der Waals surface area contributed by atoms with Crippen molar-refractivity contribution in [2.75, 3.05) is 0 Å². The average Bonchev–Trinajstić information content (AvgIpc) is 3.32. The van der Waals surface area contributed by atoms with Gasteiger partial charge in [0.25, 0.3) is 0 Å². The van der Waals surface area contributed by atoms with Crippen LogP contribution in [0.4, 0.5) is 0 Å². The van der Waals surface area contributed by atoms with Crippen LogP contribution >= 0.6 is 0 Å². The van der Waals surface area contributed by atoms with E-state index in [1.807, 2.05) is 12.1 Å². The summed E-state index contributed by atoms with van der Waals surface area (Å²) in [5, 5.41) is 2.39. The van der Waals surface area contributed by atoms with Gasteiger partial charge in [0.05, 0.1) is 22.4 Å². The molecule has 3 nitrogen and oxygen atoms in total. The van der Waals surface area contributed by atoms with Gasteiger partial charge in [-0.05, 0) is 29.3 Å². The quantitative estimate of drug-likeness (QED) is 0.256. The fourth-order valence-electron chi connectivity index (χ4n) is 5.14. The average molecular weight is 474 g/mol. The zero-order valence-electron chi connectivity index (χ0n) is 20.1. The van der Waals surface area contributed by atoms with Crippen molar-refractivity contribution in [1.82, 2.24) is 14.5 Å². The van der Waals surface area contributed by atoms with Gasteiger partial charge in [-0.25, -0.2) is 9.97 Å². The Balaban J connectivity index is 1.54. The molecule has 0 amide bonds. The van der Waals surface area contributed by atoms with Gasteiger partial charge < -0.3 is 0 Å². The number of fused-ring (bicyclic) bond motifs is 3. The second-order valence-electron chi connectivity index (χ2n) is 9.09. The Morgan fingerprint density at radius 1 is 0.405 bits per heavy atom. The molecule has 0 aliphatic rings. The minimum absolute atomic E-state index is 0.664. The molecule has 0 aliphatic carbocycles. The zero-order valence-corrected chi connectivity index (χ0v) is 20.1. The van der Waals surface area contributed by atoms with Gasteiger partial charge in [0.1, 0.15) is 0 Å². The van der Waals surface area contributed by atoms with Crippen molar-refractivity contribution in [1.29, 1.82) is 0 Å². The highest BCUT2D eigenvalue weighted by Gasteiger charge is 2.17. The van der Waals surface area contributed by atoms with Gasteiger partial charge in [0.2, 0.25) is 5.95 Å². The van der Waals surface area contributed by atoms with Crippen LogP contribution < -0.4 is 0 Å². The van der Waals surface area contributed by atoms with Crippen molar-refractivity contribution in [3.05, 3.63) is 140 Å². The van der Waals surface area contributed by atoms with Gasteiger partial charge in [0.15, 0.2) is 0 Å². The Labute approximate surface area is 215 Å². The molecular weight excluding hydrogens is 450 g/mol. The van der Waals surface area contributed by atoms with E-state index < -0.39 is 0 Å². The Bertz CT molecular complexity index is 1820. The topological polar surface area (TPSA) is 30.7 Å². The van der Waals surface area contributed by atoms with Crippen molar-refractivity contribution in [2.45, 2.75) is 0 Å². The molecule has 0 spiro atoms. The van der Waals surface area contributed by atoms with Crippen molar-refractivity contribution < 1.29 is 0 Å². The van der Waals surface area contributed by atoms with E-state index in [0.29, 0.717) is 5.95 Å². The lowest BCUT2D eigenvalue weighted by Crippen LogP contribution is -2.04. The number of nitrogens with zero attached hydrogens (tertiary/aromatic N) is 3. The van der Waals surface area contributed by atoms with Crippen LogP contribution in [0.5, 0.6) is 0 Å². The first-order chi connectivity index (χ1) is 18.4. The van der Waals surface area contributed by atoms with E-state index in [4.69, 9.17) is 9.97 Å². The van der Waals surface area contributed by atoms with E-state index in [2.05, 4.69) is 132 Å². The molecule has 0 bridgehead atoms. The van der Waals surface area contributed by atoms with Crippen LogP contribution in [0, 0.1) is 0 Å². The highest BCUT2D eigenvalue weighted by molar-refractivity contribution is 6.09. The van der Waals surface area contributed by atoms with Crippen molar-refractivity contribution in [3.8, 4) is 39.6 Å².